The van der Waals surface area contributed by atoms with Gasteiger partial charge in [-0.3, -0.25) is 4.79 Å². The lowest BCUT2D eigenvalue weighted by atomic mass is 9.73. The molecular weight excluding hydrogens is 383 g/mol. The van der Waals surface area contributed by atoms with Crippen molar-refractivity contribution in [1.29, 1.82) is 0 Å². The monoisotopic (exact) mass is 412 g/mol. The highest BCUT2D eigenvalue weighted by Gasteiger charge is 2.43. The van der Waals surface area contributed by atoms with E-state index < -0.39 is 5.41 Å². The average Bonchev–Trinajstić information content (AvgIpc) is 2.80. The highest BCUT2D eigenvalue weighted by Crippen LogP contribution is 2.37. The maximum atomic E-state index is 14.6. The van der Waals surface area contributed by atoms with E-state index in [1.54, 1.807) is 18.2 Å². The molecule has 2 aliphatic heterocycles. The number of carbonyl (C=O) groups is 1. The van der Waals surface area contributed by atoms with Gasteiger partial charge in [0, 0.05) is 37.6 Å². The largest absolute Gasteiger partial charge is 0.381 e. The summed E-state index contributed by atoms with van der Waals surface area (Å²) in [6.07, 6.45) is 0.949. The number of nitrogens with zero attached hydrogens (tertiary/aromatic N) is 1. The summed E-state index contributed by atoms with van der Waals surface area (Å²) in [6.45, 7) is 6.13. The highest BCUT2D eigenvalue weighted by molar-refractivity contribution is 5.88. The van der Waals surface area contributed by atoms with Gasteiger partial charge in [-0.15, -0.1) is 0 Å². The number of amides is 1. The van der Waals surface area contributed by atoms with Gasteiger partial charge in [0.2, 0.25) is 5.91 Å². The minimum absolute atomic E-state index is 0.138. The molecule has 2 aromatic rings. The lowest BCUT2D eigenvalue weighted by Crippen LogP contribution is -2.49. The molecule has 1 atom stereocenters. The molecule has 0 radical (unpaired) electrons. The van der Waals surface area contributed by atoms with Gasteiger partial charge in [-0.1, -0.05) is 30.3 Å². The lowest BCUT2D eigenvalue weighted by molar-refractivity contribution is -0.131. The van der Waals surface area contributed by atoms with Gasteiger partial charge in [-0.2, -0.15) is 0 Å². The molecule has 0 unspecified atom stereocenters. The van der Waals surface area contributed by atoms with E-state index in [1.165, 1.54) is 6.07 Å². The van der Waals surface area contributed by atoms with Gasteiger partial charge in [0.1, 0.15) is 5.82 Å². The number of ether oxygens (including phenoxy) is 2. The van der Waals surface area contributed by atoms with Crippen molar-refractivity contribution in [3.63, 3.8) is 0 Å². The molecule has 0 spiro atoms. The molecule has 2 fully saturated rings. The van der Waals surface area contributed by atoms with E-state index in [9.17, 15) is 9.18 Å². The molecule has 2 heterocycles. The zero-order chi connectivity index (χ0) is 21.0. The van der Waals surface area contributed by atoms with Crippen LogP contribution in [0.1, 0.15) is 36.9 Å². The van der Waals surface area contributed by atoms with Crippen molar-refractivity contribution in [2.45, 2.75) is 31.2 Å². The average molecular weight is 413 g/mol. The minimum Gasteiger partial charge on any atom is -0.381 e. The van der Waals surface area contributed by atoms with Crippen LogP contribution >= 0.6 is 0 Å². The third-order valence-corrected chi connectivity index (χ3v) is 6.29. The number of anilines is 1. The van der Waals surface area contributed by atoms with E-state index in [2.05, 4.69) is 34.5 Å². The summed E-state index contributed by atoms with van der Waals surface area (Å²) in [6, 6.07) is 14.7. The van der Waals surface area contributed by atoms with Crippen LogP contribution < -0.4 is 10.2 Å². The van der Waals surface area contributed by atoms with Crippen molar-refractivity contribution in [3.05, 3.63) is 65.5 Å². The quantitative estimate of drug-likeness (QED) is 0.816. The minimum atomic E-state index is -0.897. The van der Waals surface area contributed by atoms with E-state index in [4.69, 9.17) is 9.47 Å². The fourth-order valence-electron chi connectivity index (χ4n) is 4.40. The maximum Gasteiger partial charge on any atom is 0.231 e. The number of morpholine rings is 1. The summed E-state index contributed by atoms with van der Waals surface area (Å²) < 4.78 is 25.5. The first-order valence-corrected chi connectivity index (χ1v) is 10.7. The number of carbonyl (C=O) groups excluding carboxylic acids is 1. The molecule has 2 saturated heterocycles. The van der Waals surface area contributed by atoms with E-state index in [0.29, 0.717) is 31.6 Å². The summed E-state index contributed by atoms with van der Waals surface area (Å²) in [5, 5.41) is 3.14. The Balaban J connectivity index is 1.50. The number of hydrogen-bond acceptors (Lipinski definition) is 4. The Morgan fingerprint density at radius 3 is 2.30 bits per heavy atom. The first-order chi connectivity index (χ1) is 14.6. The highest BCUT2D eigenvalue weighted by atomic mass is 19.1. The molecule has 6 heteroatoms. The van der Waals surface area contributed by atoms with Crippen molar-refractivity contribution < 1.29 is 18.7 Å². The Hall–Kier alpha value is -2.44. The Bertz CT molecular complexity index is 859. The second-order valence-corrected chi connectivity index (χ2v) is 8.06. The topological polar surface area (TPSA) is 50.8 Å². The molecule has 160 valence electrons. The van der Waals surface area contributed by atoms with Gasteiger partial charge in [0.05, 0.1) is 24.7 Å². The molecular formula is C24H29FN2O3. The molecule has 0 aromatic heterocycles. The van der Waals surface area contributed by atoms with Crippen LogP contribution in [-0.4, -0.2) is 45.4 Å². The Labute approximate surface area is 177 Å². The van der Waals surface area contributed by atoms with Crippen LogP contribution in [0.4, 0.5) is 10.1 Å². The SMILES string of the molecule is C[C@H](NC(=O)C1(c2ccccc2F)CCOCC1)c1ccc(N2CCOCC2)cc1. The molecule has 2 aromatic carbocycles. The number of hydrogen-bond donors (Lipinski definition) is 1. The molecule has 5 nitrogen and oxygen atoms in total. The maximum absolute atomic E-state index is 14.6. The van der Waals surface area contributed by atoms with Gasteiger partial charge < -0.3 is 19.7 Å². The van der Waals surface area contributed by atoms with Crippen LogP contribution in [0.15, 0.2) is 48.5 Å². The second-order valence-electron chi connectivity index (χ2n) is 8.06. The zero-order valence-corrected chi connectivity index (χ0v) is 17.4. The second kappa shape index (κ2) is 9.14. The molecule has 30 heavy (non-hydrogen) atoms. The molecule has 1 N–H and O–H groups in total. The Morgan fingerprint density at radius 2 is 1.63 bits per heavy atom. The number of benzene rings is 2. The van der Waals surface area contributed by atoms with Crippen molar-refractivity contribution in [3.8, 4) is 0 Å². The summed E-state index contributed by atoms with van der Waals surface area (Å²) in [4.78, 5) is 15.7. The number of halogens is 1. The Kier molecular flexibility index (Phi) is 6.35. The predicted molar refractivity (Wildman–Crippen MR) is 114 cm³/mol. The van der Waals surface area contributed by atoms with E-state index in [1.807, 2.05) is 6.92 Å². The summed E-state index contributed by atoms with van der Waals surface area (Å²) in [5.41, 5.74) is 1.75. The smallest absolute Gasteiger partial charge is 0.231 e. The third-order valence-electron chi connectivity index (χ3n) is 6.29. The summed E-state index contributed by atoms with van der Waals surface area (Å²) in [7, 11) is 0. The van der Waals surface area contributed by atoms with Crippen LogP contribution in [0.5, 0.6) is 0 Å². The molecule has 0 saturated carbocycles. The standard InChI is InChI=1S/C24H29FN2O3/c1-18(19-6-8-20(9-7-19)27-12-16-30-17-13-27)26-23(28)24(10-14-29-15-11-24)21-4-2-3-5-22(21)25/h2-9,18H,10-17H2,1H3,(H,26,28)/t18-/m0/s1. The first-order valence-electron chi connectivity index (χ1n) is 10.7. The predicted octanol–water partition coefficient (Wildman–Crippen LogP) is 3.59. The van der Waals surface area contributed by atoms with Gasteiger partial charge >= 0.3 is 0 Å². The molecule has 2 aliphatic rings. The van der Waals surface area contributed by atoms with Gasteiger partial charge in [-0.25, -0.2) is 4.39 Å². The van der Waals surface area contributed by atoms with Gasteiger partial charge in [-0.05, 0) is 43.5 Å². The third kappa shape index (κ3) is 4.20. The summed E-state index contributed by atoms with van der Waals surface area (Å²) in [5.74, 6) is -0.474. The fraction of sp³-hybridized carbons (Fsp3) is 0.458. The van der Waals surface area contributed by atoms with Gasteiger partial charge in [0.25, 0.3) is 0 Å². The first kappa shape index (κ1) is 20.8. The van der Waals surface area contributed by atoms with Crippen molar-refractivity contribution in [2.75, 3.05) is 44.4 Å². The van der Waals surface area contributed by atoms with Crippen LogP contribution in [0, 0.1) is 5.82 Å². The van der Waals surface area contributed by atoms with E-state index in [0.717, 1.165) is 37.6 Å². The van der Waals surface area contributed by atoms with Crippen LogP contribution in [0.2, 0.25) is 0 Å². The molecule has 1 amide bonds. The number of nitrogens with one attached hydrogen (secondary N) is 1. The molecule has 0 bridgehead atoms. The Morgan fingerprint density at radius 1 is 1.00 bits per heavy atom. The number of rotatable bonds is 5. The van der Waals surface area contributed by atoms with Gasteiger partial charge in [0.15, 0.2) is 0 Å². The lowest BCUT2D eigenvalue weighted by Gasteiger charge is -2.37. The van der Waals surface area contributed by atoms with Crippen molar-refractivity contribution in [2.24, 2.45) is 0 Å². The fourth-order valence-corrected chi connectivity index (χ4v) is 4.40. The van der Waals surface area contributed by atoms with E-state index in [-0.39, 0.29) is 17.8 Å². The normalized spacial score (nSPS) is 19.9. The summed E-state index contributed by atoms with van der Waals surface area (Å²) >= 11 is 0. The zero-order valence-electron chi connectivity index (χ0n) is 17.4. The van der Waals surface area contributed by atoms with Crippen LogP contribution in [-0.2, 0) is 19.7 Å². The van der Waals surface area contributed by atoms with Crippen molar-refractivity contribution in [1.82, 2.24) is 5.32 Å². The van der Waals surface area contributed by atoms with Crippen molar-refractivity contribution >= 4 is 11.6 Å². The molecule has 4 rings (SSSR count). The van der Waals surface area contributed by atoms with Crippen LogP contribution in [0.3, 0.4) is 0 Å². The molecule has 0 aliphatic carbocycles. The van der Waals surface area contributed by atoms with Crippen LogP contribution in [0.25, 0.3) is 0 Å². The van der Waals surface area contributed by atoms with E-state index >= 15 is 0 Å².